The Balaban J connectivity index is 1.77. The van der Waals surface area contributed by atoms with E-state index in [1.807, 2.05) is 20.2 Å². The van der Waals surface area contributed by atoms with Crippen molar-refractivity contribution in [3.05, 3.63) is 75.9 Å². The lowest BCUT2D eigenvalue weighted by Crippen LogP contribution is -2.29. The molecule has 1 N–H and O–H groups in total. The Hall–Kier alpha value is -2.82. The summed E-state index contributed by atoms with van der Waals surface area (Å²) in [6.07, 6.45) is 5.39. The molecule has 25 heavy (non-hydrogen) atoms. The van der Waals surface area contributed by atoms with Crippen molar-refractivity contribution in [3.63, 3.8) is 0 Å². The highest BCUT2D eigenvalue weighted by atomic mass is 16.6. The fourth-order valence-electron chi connectivity index (χ4n) is 4.07. The Morgan fingerprint density at radius 2 is 1.92 bits per heavy atom. The van der Waals surface area contributed by atoms with Crippen molar-refractivity contribution in [3.8, 4) is 0 Å². The number of nitrogens with one attached hydrogen (secondary N) is 1. The van der Waals surface area contributed by atoms with Crippen LogP contribution in [0.25, 0.3) is 0 Å². The summed E-state index contributed by atoms with van der Waals surface area (Å²) in [6, 6.07) is 13.9. The van der Waals surface area contributed by atoms with Crippen molar-refractivity contribution in [1.29, 1.82) is 0 Å². The molecule has 1 aliphatic carbocycles. The molecule has 2 aliphatic rings. The van der Waals surface area contributed by atoms with Gasteiger partial charge in [0.05, 0.1) is 11.0 Å². The predicted octanol–water partition coefficient (Wildman–Crippen LogP) is 4.49. The maximum absolute atomic E-state index is 11.5. The van der Waals surface area contributed by atoms with Gasteiger partial charge in [-0.15, -0.1) is 0 Å². The molecule has 0 saturated heterocycles. The number of para-hydroxylation sites is 1. The molecule has 2 aromatic rings. The van der Waals surface area contributed by atoms with E-state index in [2.05, 4.69) is 46.6 Å². The Morgan fingerprint density at radius 3 is 2.60 bits per heavy atom. The van der Waals surface area contributed by atoms with Crippen LogP contribution >= 0.6 is 0 Å². The van der Waals surface area contributed by atoms with Crippen molar-refractivity contribution in [1.82, 2.24) is 0 Å². The molecule has 0 aromatic heterocycles. The molecular weight excluding hydrogens is 314 g/mol. The Bertz CT molecular complexity index is 843. The van der Waals surface area contributed by atoms with Crippen molar-refractivity contribution < 1.29 is 4.92 Å². The number of rotatable bonds is 3. The summed E-state index contributed by atoms with van der Waals surface area (Å²) in [5.74, 6) is 0.620. The topological polar surface area (TPSA) is 58.4 Å². The van der Waals surface area contributed by atoms with Crippen LogP contribution in [0.1, 0.15) is 29.5 Å². The van der Waals surface area contributed by atoms with Crippen LogP contribution in [-0.2, 0) is 0 Å². The SMILES string of the molecule is CN(C)c1ccc(C2Nc3c(cccc3[N+](=O)[O-])C3C=CCC32)cc1. The molecule has 1 heterocycles. The Kier molecular flexibility index (Phi) is 3.71. The molecule has 5 nitrogen and oxygen atoms in total. The molecule has 0 spiro atoms. The van der Waals surface area contributed by atoms with Gasteiger partial charge in [0.2, 0.25) is 0 Å². The van der Waals surface area contributed by atoms with Crippen LogP contribution in [0.4, 0.5) is 17.1 Å². The van der Waals surface area contributed by atoms with E-state index in [9.17, 15) is 10.1 Å². The van der Waals surface area contributed by atoms with Gasteiger partial charge in [0.1, 0.15) is 5.69 Å². The lowest BCUT2D eigenvalue weighted by atomic mass is 9.77. The van der Waals surface area contributed by atoms with Crippen molar-refractivity contribution in [2.75, 3.05) is 24.3 Å². The fraction of sp³-hybridized carbons (Fsp3) is 0.300. The maximum atomic E-state index is 11.5. The van der Waals surface area contributed by atoms with Crippen LogP contribution in [0.2, 0.25) is 0 Å². The molecule has 3 atom stereocenters. The smallest absolute Gasteiger partial charge is 0.292 e. The van der Waals surface area contributed by atoms with Gasteiger partial charge in [-0.2, -0.15) is 0 Å². The Labute approximate surface area is 147 Å². The van der Waals surface area contributed by atoms with Crippen molar-refractivity contribution in [2.45, 2.75) is 18.4 Å². The summed E-state index contributed by atoms with van der Waals surface area (Å²) in [7, 11) is 4.04. The molecule has 0 radical (unpaired) electrons. The van der Waals surface area contributed by atoms with E-state index < -0.39 is 0 Å². The minimum absolute atomic E-state index is 0.0739. The summed E-state index contributed by atoms with van der Waals surface area (Å²) in [4.78, 5) is 13.2. The van der Waals surface area contributed by atoms with Gasteiger partial charge in [-0.3, -0.25) is 10.1 Å². The third-order valence-corrected chi connectivity index (χ3v) is 5.34. The molecule has 2 aromatic carbocycles. The second kappa shape index (κ2) is 5.92. The highest BCUT2D eigenvalue weighted by Gasteiger charge is 2.40. The standard InChI is InChI=1S/C20H21N3O2/c1-22(2)14-11-9-13(10-12-14)19-16-6-3-5-15(16)17-7-4-8-18(23(24)25)20(17)21-19/h3-5,7-12,15-16,19,21H,6H2,1-2H3. The molecule has 0 saturated carbocycles. The summed E-state index contributed by atoms with van der Waals surface area (Å²) < 4.78 is 0. The summed E-state index contributed by atoms with van der Waals surface area (Å²) in [6.45, 7) is 0. The first-order valence-electron chi connectivity index (χ1n) is 8.54. The number of fused-ring (bicyclic) bond motifs is 3. The predicted molar refractivity (Wildman–Crippen MR) is 100 cm³/mol. The average molecular weight is 335 g/mol. The number of allylic oxidation sites excluding steroid dienone is 2. The monoisotopic (exact) mass is 335 g/mol. The first-order valence-corrected chi connectivity index (χ1v) is 8.54. The third kappa shape index (κ3) is 2.56. The molecule has 0 bridgehead atoms. The maximum Gasteiger partial charge on any atom is 0.292 e. The van der Waals surface area contributed by atoms with E-state index in [4.69, 9.17) is 0 Å². The van der Waals surface area contributed by atoms with Gasteiger partial charge in [0.25, 0.3) is 5.69 Å². The minimum atomic E-state index is -0.295. The van der Waals surface area contributed by atoms with Gasteiger partial charge in [-0.05, 0) is 35.6 Å². The van der Waals surface area contributed by atoms with Gasteiger partial charge in [-0.1, -0.05) is 36.4 Å². The van der Waals surface area contributed by atoms with Crippen LogP contribution in [0, 0.1) is 16.0 Å². The van der Waals surface area contributed by atoms with Gasteiger partial charge in [0.15, 0.2) is 0 Å². The molecule has 3 unspecified atom stereocenters. The van der Waals surface area contributed by atoms with Gasteiger partial charge >= 0.3 is 0 Å². The average Bonchev–Trinajstić information content (AvgIpc) is 3.10. The Morgan fingerprint density at radius 1 is 1.16 bits per heavy atom. The quantitative estimate of drug-likeness (QED) is 0.510. The largest absolute Gasteiger partial charge is 0.378 e. The fourth-order valence-corrected chi connectivity index (χ4v) is 4.07. The highest BCUT2D eigenvalue weighted by molar-refractivity contribution is 5.71. The summed E-state index contributed by atoms with van der Waals surface area (Å²) in [5.41, 5.74) is 4.18. The van der Waals surface area contributed by atoms with E-state index in [0.29, 0.717) is 11.6 Å². The lowest BCUT2D eigenvalue weighted by Gasteiger charge is -2.37. The number of hydrogen-bond donors (Lipinski definition) is 1. The number of nitro groups is 1. The second-order valence-corrected chi connectivity index (χ2v) is 6.96. The molecule has 0 fully saturated rings. The number of hydrogen-bond acceptors (Lipinski definition) is 4. The zero-order chi connectivity index (χ0) is 17.6. The molecule has 1 aliphatic heterocycles. The van der Waals surface area contributed by atoms with Crippen LogP contribution in [-0.4, -0.2) is 19.0 Å². The van der Waals surface area contributed by atoms with E-state index >= 15 is 0 Å². The van der Waals surface area contributed by atoms with Gasteiger partial charge < -0.3 is 10.2 Å². The minimum Gasteiger partial charge on any atom is -0.378 e. The number of benzene rings is 2. The van der Waals surface area contributed by atoms with Crippen LogP contribution in [0.15, 0.2) is 54.6 Å². The zero-order valence-corrected chi connectivity index (χ0v) is 14.3. The summed E-state index contributed by atoms with van der Waals surface area (Å²) >= 11 is 0. The van der Waals surface area contributed by atoms with Gasteiger partial charge in [-0.25, -0.2) is 0 Å². The number of anilines is 2. The second-order valence-electron chi connectivity index (χ2n) is 6.96. The van der Waals surface area contributed by atoms with Crippen molar-refractivity contribution >= 4 is 17.1 Å². The van der Waals surface area contributed by atoms with Crippen LogP contribution in [0.3, 0.4) is 0 Å². The normalized spacial score (nSPS) is 23.5. The van der Waals surface area contributed by atoms with Gasteiger partial charge in [0, 0.05) is 31.8 Å². The molecular formula is C20H21N3O2. The van der Waals surface area contributed by atoms with Crippen molar-refractivity contribution in [2.24, 2.45) is 5.92 Å². The number of nitrogens with zero attached hydrogens (tertiary/aromatic N) is 2. The first kappa shape index (κ1) is 15.7. The van der Waals surface area contributed by atoms with Crippen LogP contribution < -0.4 is 10.2 Å². The summed E-state index contributed by atoms with van der Waals surface area (Å²) in [5, 5.41) is 15.0. The molecule has 128 valence electrons. The third-order valence-electron chi connectivity index (χ3n) is 5.34. The zero-order valence-electron chi connectivity index (χ0n) is 14.3. The van der Waals surface area contributed by atoms with E-state index in [0.717, 1.165) is 17.7 Å². The van der Waals surface area contributed by atoms with E-state index in [1.54, 1.807) is 12.1 Å². The highest BCUT2D eigenvalue weighted by Crippen LogP contribution is 2.52. The van der Waals surface area contributed by atoms with E-state index in [1.165, 1.54) is 5.56 Å². The molecule has 4 rings (SSSR count). The molecule has 5 heteroatoms. The lowest BCUT2D eigenvalue weighted by molar-refractivity contribution is -0.384. The number of nitro benzene ring substituents is 1. The van der Waals surface area contributed by atoms with E-state index in [-0.39, 0.29) is 22.6 Å². The molecule has 0 amide bonds. The van der Waals surface area contributed by atoms with Crippen LogP contribution in [0.5, 0.6) is 0 Å². The first-order chi connectivity index (χ1) is 12.1.